The van der Waals surface area contributed by atoms with Gasteiger partial charge in [-0.05, 0) is 128 Å². The monoisotopic (exact) mass is 1120 g/mol. The Morgan fingerprint density at radius 2 is 0.444 bits per heavy atom. The Labute approximate surface area is 500 Å². The third kappa shape index (κ3) is 66.2. The minimum absolute atomic E-state index is 0.0917. The van der Waals surface area contributed by atoms with Crippen LogP contribution in [0.25, 0.3) is 0 Å². The number of carbonyl (C=O) groups is 3. The molecule has 6 nitrogen and oxygen atoms in total. The highest BCUT2D eigenvalue weighted by Gasteiger charge is 2.19. The fraction of sp³-hybridized carbons (Fsp3) is 0.667. The predicted molar refractivity (Wildman–Crippen MR) is 353 cm³/mol. The van der Waals surface area contributed by atoms with Gasteiger partial charge in [0.2, 0.25) is 0 Å². The molecule has 1 unspecified atom stereocenters. The maximum absolute atomic E-state index is 12.9. The first-order valence-electron chi connectivity index (χ1n) is 33.7. The average Bonchev–Trinajstić information content (AvgIpc) is 3.47. The third-order valence-electron chi connectivity index (χ3n) is 14.1. The van der Waals surface area contributed by atoms with Gasteiger partial charge in [-0.3, -0.25) is 14.4 Å². The van der Waals surface area contributed by atoms with Gasteiger partial charge in [0.25, 0.3) is 0 Å². The highest BCUT2D eigenvalue weighted by Crippen LogP contribution is 2.16. The van der Waals surface area contributed by atoms with Crippen molar-refractivity contribution in [1.29, 1.82) is 0 Å². The maximum atomic E-state index is 12.9. The molecule has 0 saturated heterocycles. The second-order valence-electron chi connectivity index (χ2n) is 21.9. The Morgan fingerprint density at radius 1 is 0.247 bits per heavy atom. The number of hydrogen-bond donors (Lipinski definition) is 0. The number of hydrogen-bond acceptors (Lipinski definition) is 6. The van der Waals surface area contributed by atoms with E-state index in [1.54, 1.807) is 0 Å². The average molecular weight is 1120 g/mol. The number of allylic oxidation sites excluding steroid dienone is 22. The van der Waals surface area contributed by atoms with E-state index in [0.717, 1.165) is 167 Å². The molecule has 1 atom stereocenters. The quantitative estimate of drug-likeness (QED) is 0.0261. The number of carbonyl (C=O) groups excluding carboxylic acids is 3. The molecule has 0 rings (SSSR count). The van der Waals surface area contributed by atoms with E-state index in [1.165, 1.54) is 96.3 Å². The van der Waals surface area contributed by atoms with E-state index in [9.17, 15) is 14.4 Å². The zero-order valence-corrected chi connectivity index (χ0v) is 52.8. The van der Waals surface area contributed by atoms with Gasteiger partial charge in [-0.15, -0.1) is 0 Å². The molecule has 0 bridgehead atoms. The Bertz CT molecular complexity index is 1720. The van der Waals surface area contributed by atoms with E-state index in [0.29, 0.717) is 19.3 Å². The molecular weight excluding hydrogens is 997 g/mol. The van der Waals surface area contributed by atoms with E-state index in [-0.39, 0.29) is 31.1 Å². The molecule has 0 aliphatic carbocycles. The number of rotatable bonds is 60. The van der Waals surface area contributed by atoms with Crippen LogP contribution in [-0.4, -0.2) is 37.2 Å². The van der Waals surface area contributed by atoms with Gasteiger partial charge in [0, 0.05) is 19.3 Å². The van der Waals surface area contributed by atoms with Crippen LogP contribution in [0.3, 0.4) is 0 Å². The molecule has 0 radical (unpaired) electrons. The van der Waals surface area contributed by atoms with Crippen LogP contribution in [0.5, 0.6) is 0 Å². The zero-order chi connectivity index (χ0) is 58.5. The molecule has 0 amide bonds. The second kappa shape index (κ2) is 68.1. The SMILES string of the molecule is CC/C=C\C/C=C\C/C=C\C/C=C\C/C=C\CCCCCCCCCCCCCCCCCCCC(=O)OCC(COC(=O)CCCCCCC/C=C\C/C=C\C/C=C\CC)OC(=O)CCCCCCC/C=C\C/C=C\C/C=C\CC. The molecule has 0 fully saturated rings. The summed E-state index contributed by atoms with van der Waals surface area (Å²) in [6.07, 6.45) is 96.2. The molecule has 0 aromatic heterocycles. The Hall–Kier alpha value is -4.45. The van der Waals surface area contributed by atoms with Gasteiger partial charge in [-0.1, -0.05) is 289 Å². The normalized spacial score (nSPS) is 13.0. The van der Waals surface area contributed by atoms with Crippen molar-refractivity contribution in [2.45, 2.75) is 309 Å². The van der Waals surface area contributed by atoms with Crippen LogP contribution in [0, 0.1) is 0 Å². The lowest BCUT2D eigenvalue weighted by Gasteiger charge is -2.18. The Morgan fingerprint density at radius 3 is 0.691 bits per heavy atom. The molecule has 0 aliphatic heterocycles. The highest BCUT2D eigenvalue weighted by molar-refractivity contribution is 5.71. The molecule has 0 aromatic carbocycles. The molecule has 0 aromatic rings. The first-order valence-corrected chi connectivity index (χ1v) is 33.7. The fourth-order valence-corrected chi connectivity index (χ4v) is 9.21. The first kappa shape index (κ1) is 76.5. The summed E-state index contributed by atoms with van der Waals surface area (Å²) in [6.45, 7) is 6.29. The molecule has 0 N–H and O–H groups in total. The molecule has 0 saturated carbocycles. The standard InChI is InChI=1S/C75H124O6/c1-4-7-10-13-16-19-22-25-28-29-30-31-32-33-34-35-36-37-38-39-40-41-42-43-44-45-48-50-53-56-59-62-65-68-74(77)80-71-72(81-75(78)69-66-63-60-57-54-51-47-27-24-21-18-15-12-9-6-3)70-79-73(76)67-64-61-58-55-52-49-46-26-23-20-17-14-11-8-5-2/h7-12,16-21,25-28,30-31,33-34,46-47,72H,4-6,13-15,22-24,29,32,35-45,48-71H2,1-3H3/b10-7-,11-8-,12-9-,19-16-,20-17-,21-18-,28-25-,31-30-,34-33-,46-26-,47-27-. The summed E-state index contributed by atoms with van der Waals surface area (Å²) in [4.78, 5) is 38.3. The highest BCUT2D eigenvalue weighted by atomic mass is 16.6. The van der Waals surface area contributed by atoms with Gasteiger partial charge in [0.15, 0.2) is 6.10 Å². The lowest BCUT2D eigenvalue weighted by molar-refractivity contribution is -0.167. The first-order chi connectivity index (χ1) is 40.0. The third-order valence-corrected chi connectivity index (χ3v) is 14.1. The zero-order valence-electron chi connectivity index (χ0n) is 52.8. The summed E-state index contributed by atoms with van der Waals surface area (Å²) in [7, 11) is 0. The van der Waals surface area contributed by atoms with E-state index in [2.05, 4.69) is 154 Å². The summed E-state index contributed by atoms with van der Waals surface area (Å²) in [5, 5.41) is 0. The van der Waals surface area contributed by atoms with Crippen LogP contribution in [0.2, 0.25) is 0 Å². The van der Waals surface area contributed by atoms with Crippen molar-refractivity contribution in [1.82, 2.24) is 0 Å². The van der Waals surface area contributed by atoms with E-state index in [4.69, 9.17) is 14.2 Å². The molecular formula is C75H124O6. The maximum Gasteiger partial charge on any atom is 0.306 e. The molecule has 0 spiro atoms. The van der Waals surface area contributed by atoms with Crippen LogP contribution in [-0.2, 0) is 28.6 Å². The smallest absolute Gasteiger partial charge is 0.306 e. The second-order valence-corrected chi connectivity index (χ2v) is 21.9. The Kier molecular flexibility index (Phi) is 64.3. The van der Waals surface area contributed by atoms with Gasteiger partial charge in [0.1, 0.15) is 13.2 Å². The fourth-order valence-electron chi connectivity index (χ4n) is 9.21. The number of unbranched alkanes of at least 4 members (excludes halogenated alkanes) is 27. The van der Waals surface area contributed by atoms with Crippen molar-refractivity contribution in [2.75, 3.05) is 13.2 Å². The molecule has 81 heavy (non-hydrogen) atoms. The lowest BCUT2D eigenvalue weighted by Crippen LogP contribution is -2.30. The summed E-state index contributed by atoms with van der Waals surface area (Å²) >= 11 is 0. The van der Waals surface area contributed by atoms with Crippen LogP contribution in [0.4, 0.5) is 0 Å². The van der Waals surface area contributed by atoms with Crippen molar-refractivity contribution >= 4 is 17.9 Å². The number of ether oxygens (including phenoxy) is 3. The molecule has 0 aliphatic rings. The van der Waals surface area contributed by atoms with Crippen molar-refractivity contribution in [2.24, 2.45) is 0 Å². The summed E-state index contributed by atoms with van der Waals surface area (Å²) < 4.78 is 16.9. The van der Waals surface area contributed by atoms with Gasteiger partial charge in [-0.2, -0.15) is 0 Å². The molecule has 6 heteroatoms. The van der Waals surface area contributed by atoms with E-state index in [1.807, 2.05) is 0 Å². The van der Waals surface area contributed by atoms with Gasteiger partial charge < -0.3 is 14.2 Å². The van der Waals surface area contributed by atoms with Crippen LogP contribution in [0.1, 0.15) is 303 Å². The minimum atomic E-state index is -0.798. The van der Waals surface area contributed by atoms with Gasteiger partial charge >= 0.3 is 17.9 Å². The van der Waals surface area contributed by atoms with Crippen molar-refractivity contribution in [3.63, 3.8) is 0 Å². The number of esters is 3. The van der Waals surface area contributed by atoms with Gasteiger partial charge in [0.05, 0.1) is 0 Å². The Balaban J connectivity index is 4.21. The van der Waals surface area contributed by atoms with Crippen molar-refractivity contribution < 1.29 is 28.6 Å². The molecule has 460 valence electrons. The van der Waals surface area contributed by atoms with Crippen LogP contribution in [0.15, 0.2) is 134 Å². The van der Waals surface area contributed by atoms with Crippen LogP contribution >= 0.6 is 0 Å². The van der Waals surface area contributed by atoms with Gasteiger partial charge in [-0.25, -0.2) is 0 Å². The van der Waals surface area contributed by atoms with Crippen LogP contribution < -0.4 is 0 Å². The van der Waals surface area contributed by atoms with Crippen molar-refractivity contribution in [3.8, 4) is 0 Å². The lowest BCUT2D eigenvalue weighted by atomic mass is 10.0. The predicted octanol–water partition coefficient (Wildman–Crippen LogP) is 23.3. The van der Waals surface area contributed by atoms with Crippen molar-refractivity contribution in [3.05, 3.63) is 134 Å². The largest absolute Gasteiger partial charge is 0.462 e. The summed E-state index contributed by atoms with van der Waals surface area (Å²) in [5.41, 5.74) is 0. The topological polar surface area (TPSA) is 78.9 Å². The van der Waals surface area contributed by atoms with E-state index < -0.39 is 6.10 Å². The molecule has 0 heterocycles. The minimum Gasteiger partial charge on any atom is -0.462 e. The summed E-state index contributed by atoms with van der Waals surface area (Å²) in [6, 6.07) is 0. The summed E-state index contributed by atoms with van der Waals surface area (Å²) in [5.74, 6) is -0.920. The van der Waals surface area contributed by atoms with E-state index >= 15 is 0 Å².